The average molecular weight is 485 g/mol. The summed E-state index contributed by atoms with van der Waals surface area (Å²) in [6.45, 7) is 3.87. The van der Waals surface area contributed by atoms with Crippen molar-refractivity contribution in [3.8, 4) is 11.3 Å². The number of aromatic nitrogens is 3. The van der Waals surface area contributed by atoms with E-state index in [-0.39, 0.29) is 18.0 Å². The van der Waals surface area contributed by atoms with Crippen LogP contribution in [0.2, 0.25) is 0 Å². The van der Waals surface area contributed by atoms with Crippen molar-refractivity contribution < 1.29 is 14.3 Å². The number of urea groups is 1. The molecule has 2 aromatic carbocycles. The Morgan fingerprint density at radius 2 is 1.81 bits per heavy atom. The fraction of sp³-hybridized carbons (Fsp3) is 0.259. The first kappa shape index (κ1) is 23.5. The van der Waals surface area contributed by atoms with Gasteiger partial charge in [-0.25, -0.2) is 14.5 Å². The summed E-state index contributed by atoms with van der Waals surface area (Å²) >= 11 is 0. The van der Waals surface area contributed by atoms with E-state index in [1.54, 1.807) is 41.2 Å². The van der Waals surface area contributed by atoms with E-state index in [1.165, 1.54) is 0 Å². The fourth-order valence-electron chi connectivity index (χ4n) is 4.25. The van der Waals surface area contributed by atoms with E-state index in [0.29, 0.717) is 46.8 Å². The van der Waals surface area contributed by atoms with Gasteiger partial charge in [0.05, 0.1) is 28.9 Å². The first-order chi connectivity index (χ1) is 17.6. The highest BCUT2D eigenvalue weighted by atomic mass is 16.5. The predicted molar refractivity (Wildman–Crippen MR) is 139 cm³/mol. The third-order valence-corrected chi connectivity index (χ3v) is 6.14. The van der Waals surface area contributed by atoms with Crippen LogP contribution in [0.1, 0.15) is 30.1 Å². The molecule has 1 aliphatic heterocycles. The van der Waals surface area contributed by atoms with E-state index in [0.717, 1.165) is 25.0 Å². The van der Waals surface area contributed by atoms with Crippen molar-refractivity contribution in [2.24, 2.45) is 0 Å². The zero-order chi connectivity index (χ0) is 24.9. The number of ether oxygens (including phenoxy) is 1. The number of hydrogen-bond donors (Lipinski definition) is 3. The largest absolute Gasteiger partial charge is 0.376 e. The number of hydrogen-bond acceptors (Lipinski definition) is 5. The molecule has 0 spiro atoms. The Morgan fingerprint density at radius 1 is 1.06 bits per heavy atom. The highest BCUT2D eigenvalue weighted by Crippen LogP contribution is 2.26. The summed E-state index contributed by atoms with van der Waals surface area (Å²) in [5.74, 6) is -0.259. The van der Waals surface area contributed by atoms with Gasteiger partial charge in [-0.05, 0) is 50.1 Å². The zero-order valence-corrected chi connectivity index (χ0v) is 20.0. The zero-order valence-electron chi connectivity index (χ0n) is 20.0. The van der Waals surface area contributed by atoms with Crippen LogP contribution in [0.5, 0.6) is 0 Å². The maximum atomic E-state index is 13.3. The summed E-state index contributed by atoms with van der Waals surface area (Å²) in [6, 6.07) is 18.2. The molecule has 1 aliphatic rings. The molecular formula is C27H28N6O3. The Balaban J connectivity index is 1.30. The smallest absolute Gasteiger partial charge is 0.319 e. The second kappa shape index (κ2) is 10.6. The van der Waals surface area contributed by atoms with Crippen molar-refractivity contribution in [3.63, 3.8) is 0 Å². The molecule has 0 bridgehead atoms. The minimum atomic E-state index is -0.289. The van der Waals surface area contributed by atoms with Crippen LogP contribution in [-0.4, -0.2) is 46.0 Å². The van der Waals surface area contributed by atoms with Crippen LogP contribution in [0.25, 0.3) is 22.3 Å². The number of anilines is 2. The lowest BCUT2D eigenvalue weighted by Crippen LogP contribution is -2.35. The summed E-state index contributed by atoms with van der Waals surface area (Å²) in [4.78, 5) is 30.2. The van der Waals surface area contributed by atoms with Crippen LogP contribution in [-0.2, 0) is 11.3 Å². The van der Waals surface area contributed by atoms with Crippen molar-refractivity contribution >= 4 is 34.3 Å². The van der Waals surface area contributed by atoms with E-state index in [9.17, 15) is 9.59 Å². The summed E-state index contributed by atoms with van der Waals surface area (Å²) in [7, 11) is 0. The minimum Gasteiger partial charge on any atom is -0.376 e. The van der Waals surface area contributed by atoms with E-state index in [4.69, 9.17) is 9.72 Å². The third-order valence-electron chi connectivity index (χ3n) is 6.14. The van der Waals surface area contributed by atoms with Gasteiger partial charge in [-0.1, -0.05) is 30.3 Å². The highest BCUT2D eigenvalue weighted by molar-refractivity contribution is 6.12. The molecule has 3 N–H and O–H groups in total. The van der Waals surface area contributed by atoms with Gasteiger partial charge in [0.2, 0.25) is 0 Å². The van der Waals surface area contributed by atoms with Gasteiger partial charge in [-0.15, -0.1) is 0 Å². The Labute approximate surface area is 208 Å². The van der Waals surface area contributed by atoms with Crippen LogP contribution < -0.4 is 16.0 Å². The monoisotopic (exact) mass is 484 g/mol. The van der Waals surface area contributed by atoms with Gasteiger partial charge in [0.15, 0.2) is 5.65 Å². The average Bonchev–Trinajstić information content (AvgIpc) is 3.58. The van der Waals surface area contributed by atoms with Crippen molar-refractivity contribution in [3.05, 3.63) is 72.4 Å². The summed E-state index contributed by atoms with van der Waals surface area (Å²) in [5, 5.41) is 13.7. The third kappa shape index (κ3) is 5.21. The number of rotatable bonds is 7. The van der Waals surface area contributed by atoms with E-state index < -0.39 is 0 Å². The van der Waals surface area contributed by atoms with Crippen LogP contribution in [0, 0.1) is 0 Å². The number of aryl methyl sites for hydroxylation is 1. The minimum absolute atomic E-state index is 0.0832. The van der Waals surface area contributed by atoms with Crippen molar-refractivity contribution in [1.29, 1.82) is 0 Å². The lowest BCUT2D eigenvalue weighted by atomic mass is 10.1. The molecule has 9 heteroatoms. The molecular weight excluding hydrogens is 456 g/mol. The second-order valence-electron chi connectivity index (χ2n) is 8.62. The van der Waals surface area contributed by atoms with Crippen LogP contribution in [0.3, 0.4) is 0 Å². The number of amides is 3. The number of carbonyl (C=O) groups excluding carboxylic acids is 2. The summed E-state index contributed by atoms with van der Waals surface area (Å²) in [5.41, 5.74) is 4.02. The van der Waals surface area contributed by atoms with Crippen LogP contribution in [0.15, 0.2) is 66.9 Å². The molecule has 4 aromatic rings. The van der Waals surface area contributed by atoms with E-state index >= 15 is 0 Å². The molecule has 1 atom stereocenters. The van der Waals surface area contributed by atoms with Crippen molar-refractivity contribution in [2.75, 3.05) is 23.8 Å². The van der Waals surface area contributed by atoms with Gasteiger partial charge in [0.1, 0.15) is 0 Å². The van der Waals surface area contributed by atoms with Gasteiger partial charge in [-0.2, -0.15) is 5.10 Å². The molecule has 184 valence electrons. The maximum Gasteiger partial charge on any atom is 0.319 e. The van der Waals surface area contributed by atoms with Gasteiger partial charge < -0.3 is 20.7 Å². The van der Waals surface area contributed by atoms with Gasteiger partial charge in [0.25, 0.3) is 5.91 Å². The molecule has 0 aliphatic carbocycles. The molecule has 1 unspecified atom stereocenters. The normalized spacial score (nSPS) is 15.1. The topological polar surface area (TPSA) is 110 Å². The van der Waals surface area contributed by atoms with E-state index in [2.05, 4.69) is 21.0 Å². The summed E-state index contributed by atoms with van der Waals surface area (Å²) in [6.07, 6.45) is 3.75. The van der Waals surface area contributed by atoms with Crippen molar-refractivity contribution in [2.45, 2.75) is 32.4 Å². The Kier molecular flexibility index (Phi) is 6.90. The first-order valence-corrected chi connectivity index (χ1v) is 12.1. The lowest BCUT2D eigenvalue weighted by Gasteiger charge is -2.12. The quantitative estimate of drug-likeness (QED) is 0.353. The molecule has 0 radical (unpaired) electrons. The molecule has 5 rings (SSSR count). The van der Waals surface area contributed by atoms with E-state index in [1.807, 2.05) is 37.3 Å². The first-order valence-electron chi connectivity index (χ1n) is 12.1. The number of carbonyl (C=O) groups is 2. The van der Waals surface area contributed by atoms with Crippen LogP contribution in [0.4, 0.5) is 16.2 Å². The summed E-state index contributed by atoms with van der Waals surface area (Å²) < 4.78 is 7.30. The number of nitrogens with zero attached hydrogens (tertiary/aromatic N) is 3. The SMILES string of the molecule is CCn1ncc2c(C(=O)Nc3ccc(NC(=O)NCC4CCCO4)cc3)cc(-c3ccccc3)nc21. The molecule has 36 heavy (non-hydrogen) atoms. The molecule has 9 nitrogen and oxygen atoms in total. The van der Waals surface area contributed by atoms with Gasteiger partial charge in [-0.3, -0.25) is 4.79 Å². The molecule has 0 saturated carbocycles. The lowest BCUT2D eigenvalue weighted by molar-refractivity contribution is 0.102. The van der Waals surface area contributed by atoms with Gasteiger partial charge in [0, 0.05) is 36.6 Å². The standard InChI is InChI=1S/C27H28N6O3/c1-2-33-25-23(17-29-33)22(15-24(32-25)18-7-4-3-5-8-18)26(34)30-19-10-12-20(13-11-19)31-27(35)28-16-21-9-6-14-36-21/h3-5,7-8,10-13,15,17,21H,2,6,9,14,16H2,1H3,(H,30,34)(H2,28,31,35). The fourth-order valence-corrected chi connectivity index (χ4v) is 4.25. The second-order valence-corrected chi connectivity index (χ2v) is 8.62. The van der Waals surface area contributed by atoms with Crippen molar-refractivity contribution in [1.82, 2.24) is 20.1 Å². The predicted octanol–water partition coefficient (Wildman–Crippen LogP) is 4.67. The molecule has 2 aromatic heterocycles. The highest BCUT2D eigenvalue weighted by Gasteiger charge is 2.18. The molecule has 1 fully saturated rings. The van der Waals surface area contributed by atoms with Gasteiger partial charge >= 0.3 is 6.03 Å². The Bertz CT molecular complexity index is 1360. The Hall–Kier alpha value is -4.24. The molecule has 3 heterocycles. The number of benzene rings is 2. The van der Waals surface area contributed by atoms with Crippen LogP contribution >= 0.6 is 0 Å². The number of fused-ring (bicyclic) bond motifs is 1. The Morgan fingerprint density at radius 3 is 2.50 bits per heavy atom. The number of nitrogens with one attached hydrogen (secondary N) is 3. The maximum absolute atomic E-state index is 13.3. The molecule has 3 amide bonds. The molecule has 1 saturated heterocycles. The number of pyridine rings is 1.